The Morgan fingerprint density at radius 2 is 1.44 bits per heavy atom. The van der Waals surface area contributed by atoms with E-state index >= 15 is 0 Å². The number of allylic oxidation sites excluding steroid dienone is 1. The molecule has 0 bridgehead atoms. The highest BCUT2D eigenvalue weighted by molar-refractivity contribution is 7.82. The number of thiol groups is 1. The molecule has 2 amide bonds. The predicted molar refractivity (Wildman–Crippen MR) is 126 cm³/mol. The fraction of sp³-hybridized carbons (Fsp3) is 0.0435. The molecule has 2 aromatic carbocycles. The molecular formula is C23H19N5O3S. The third-order valence-corrected chi connectivity index (χ3v) is 4.96. The van der Waals surface area contributed by atoms with Gasteiger partial charge in [-0.2, -0.15) is 0 Å². The molecule has 0 atom stereocenters. The molecule has 160 valence electrons. The number of hydrogen-bond acceptors (Lipinski definition) is 7. The van der Waals surface area contributed by atoms with Gasteiger partial charge in [-0.1, -0.05) is 18.9 Å². The molecule has 3 N–H and O–H groups in total. The van der Waals surface area contributed by atoms with E-state index in [4.69, 9.17) is 9.97 Å². The third kappa shape index (κ3) is 4.33. The number of aromatic nitrogens is 3. The Labute approximate surface area is 189 Å². The molecule has 0 unspecified atom stereocenters. The first kappa shape index (κ1) is 21.1. The number of fused-ring (bicyclic) bond motifs is 1. The van der Waals surface area contributed by atoms with Gasteiger partial charge in [0.2, 0.25) is 0 Å². The molecule has 0 saturated carbocycles. The molecule has 32 heavy (non-hydrogen) atoms. The highest BCUT2D eigenvalue weighted by atomic mass is 32.1. The van der Waals surface area contributed by atoms with Crippen LogP contribution in [0.1, 0.15) is 6.92 Å². The maximum atomic E-state index is 12.2. The zero-order valence-electron chi connectivity index (χ0n) is 17.0. The zero-order chi connectivity index (χ0) is 22.7. The molecule has 2 aromatic heterocycles. The monoisotopic (exact) mass is 445 g/mol. The summed E-state index contributed by atoms with van der Waals surface area (Å²) in [5.41, 5.74) is 3.45. The van der Waals surface area contributed by atoms with Crippen LogP contribution < -0.4 is 9.62 Å². The second-order valence-corrected chi connectivity index (χ2v) is 7.19. The smallest absolute Gasteiger partial charge is 0.337 e. The number of phenols is 2. The zero-order valence-corrected chi connectivity index (χ0v) is 17.9. The summed E-state index contributed by atoms with van der Waals surface area (Å²) >= 11 is 4.23. The number of carbonyl (C=O) groups is 1. The summed E-state index contributed by atoms with van der Waals surface area (Å²) in [6.07, 6.45) is 3.19. The Hall–Kier alpha value is -4.11. The van der Waals surface area contributed by atoms with Crippen molar-refractivity contribution in [3.8, 4) is 34.0 Å². The minimum atomic E-state index is -0.467. The molecule has 0 fully saturated rings. The Balaban J connectivity index is 1.86. The topological polar surface area (TPSA) is 111 Å². The first-order valence-corrected chi connectivity index (χ1v) is 10.0. The average molecular weight is 446 g/mol. The Morgan fingerprint density at radius 3 is 2.00 bits per heavy atom. The number of nitrogens with one attached hydrogen (secondary N) is 1. The summed E-state index contributed by atoms with van der Waals surface area (Å²) in [6.45, 7) is 1.78. The quantitative estimate of drug-likeness (QED) is 0.340. The number of amides is 2. The lowest BCUT2D eigenvalue weighted by Crippen LogP contribution is -2.30. The summed E-state index contributed by atoms with van der Waals surface area (Å²) in [5.74, 6) is 0.559. The van der Waals surface area contributed by atoms with E-state index < -0.39 is 6.03 Å². The van der Waals surface area contributed by atoms with Crippen molar-refractivity contribution in [3.05, 3.63) is 72.9 Å². The van der Waals surface area contributed by atoms with Crippen LogP contribution in [0.4, 0.5) is 10.6 Å². The van der Waals surface area contributed by atoms with E-state index in [2.05, 4.69) is 23.1 Å². The molecule has 2 heterocycles. The standard InChI is InChI=1S/C23H19N5O3S/c1-2-13-24-23(31)28(32)19-12-11-18-22(26-19)27-21(15-5-9-17(30)10-6-15)20(25-18)14-3-7-16(29)8-4-14/h2-13,29-30,32H,1H3,(H,24,31). The lowest BCUT2D eigenvalue weighted by molar-refractivity contribution is 0.253. The normalized spacial score (nSPS) is 11.1. The fourth-order valence-electron chi connectivity index (χ4n) is 3.01. The SMILES string of the molecule is CC=CNC(=O)N(S)c1ccc2nc(-c3ccc(O)cc3)c(-c3ccc(O)cc3)nc2n1. The molecule has 8 nitrogen and oxygen atoms in total. The number of benzene rings is 2. The lowest BCUT2D eigenvalue weighted by Gasteiger charge is -2.15. The van der Waals surface area contributed by atoms with Crippen molar-refractivity contribution < 1.29 is 15.0 Å². The second-order valence-electron chi connectivity index (χ2n) is 6.79. The number of pyridine rings is 1. The van der Waals surface area contributed by atoms with Gasteiger partial charge in [-0.3, -0.25) is 0 Å². The van der Waals surface area contributed by atoms with Crippen LogP contribution >= 0.6 is 12.8 Å². The lowest BCUT2D eigenvalue weighted by atomic mass is 10.0. The molecule has 0 aliphatic rings. The first-order valence-electron chi connectivity index (χ1n) is 9.64. The number of carbonyl (C=O) groups excluding carboxylic acids is 1. The molecule has 0 spiro atoms. The van der Waals surface area contributed by atoms with Gasteiger partial charge < -0.3 is 15.5 Å². The summed E-state index contributed by atoms with van der Waals surface area (Å²) in [4.78, 5) is 26.1. The van der Waals surface area contributed by atoms with Crippen LogP contribution in [0, 0.1) is 0 Å². The van der Waals surface area contributed by atoms with Crippen LogP contribution in [-0.4, -0.2) is 31.2 Å². The molecular weight excluding hydrogens is 426 g/mol. The number of rotatable bonds is 4. The van der Waals surface area contributed by atoms with E-state index in [-0.39, 0.29) is 17.3 Å². The van der Waals surface area contributed by atoms with Crippen LogP contribution in [-0.2, 0) is 0 Å². The first-order chi connectivity index (χ1) is 15.5. The van der Waals surface area contributed by atoms with E-state index in [1.54, 1.807) is 73.7 Å². The van der Waals surface area contributed by atoms with E-state index in [1.807, 2.05) is 0 Å². The van der Waals surface area contributed by atoms with Crippen molar-refractivity contribution in [2.75, 3.05) is 4.31 Å². The highest BCUT2D eigenvalue weighted by Gasteiger charge is 2.17. The van der Waals surface area contributed by atoms with Gasteiger partial charge in [-0.15, -0.1) is 0 Å². The minimum Gasteiger partial charge on any atom is -0.508 e. The summed E-state index contributed by atoms with van der Waals surface area (Å²) < 4.78 is 1.08. The summed E-state index contributed by atoms with van der Waals surface area (Å²) in [6, 6.07) is 16.1. The molecule has 0 aliphatic carbocycles. The maximum Gasteiger partial charge on any atom is 0.337 e. The minimum absolute atomic E-state index is 0.131. The fourth-order valence-corrected chi connectivity index (χ4v) is 3.18. The number of urea groups is 1. The van der Waals surface area contributed by atoms with Gasteiger partial charge in [0.25, 0.3) is 0 Å². The Bertz CT molecular complexity index is 1310. The molecule has 0 aliphatic heterocycles. The number of aromatic hydroxyl groups is 2. The highest BCUT2D eigenvalue weighted by Crippen LogP contribution is 2.32. The van der Waals surface area contributed by atoms with Gasteiger partial charge in [0, 0.05) is 17.3 Å². The number of phenolic OH excluding ortho intramolecular Hbond substituents is 2. The average Bonchev–Trinajstić information content (AvgIpc) is 2.82. The van der Waals surface area contributed by atoms with Crippen molar-refractivity contribution in [2.24, 2.45) is 0 Å². The van der Waals surface area contributed by atoms with Gasteiger partial charge in [-0.25, -0.2) is 24.1 Å². The number of anilines is 1. The van der Waals surface area contributed by atoms with Crippen molar-refractivity contribution >= 4 is 35.8 Å². The van der Waals surface area contributed by atoms with Gasteiger partial charge in [0.15, 0.2) is 5.65 Å². The van der Waals surface area contributed by atoms with Crippen molar-refractivity contribution in [3.63, 3.8) is 0 Å². The van der Waals surface area contributed by atoms with Crippen molar-refractivity contribution in [1.29, 1.82) is 0 Å². The van der Waals surface area contributed by atoms with Crippen LogP contribution in [0.2, 0.25) is 0 Å². The van der Waals surface area contributed by atoms with Crippen LogP contribution in [0.15, 0.2) is 72.9 Å². The molecule has 9 heteroatoms. The summed E-state index contributed by atoms with van der Waals surface area (Å²) in [7, 11) is 0. The third-order valence-electron chi connectivity index (χ3n) is 4.58. The number of nitrogens with zero attached hydrogens (tertiary/aromatic N) is 4. The van der Waals surface area contributed by atoms with E-state index in [9.17, 15) is 15.0 Å². The van der Waals surface area contributed by atoms with Gasteiger partial charge >= 0.3 is 6.03 Å². The van der Waals surface area contributed by atoms with Gasteiger partial charge in [0.1, 0.15) is 22.8 Å². The largest absolute Gasteiger partial charge is 0.508 e. The second kappa shape index (κ2) is 8.94. The van der Waals surface area contributed by atoms with E-state index in [0.29, 0.717) is 22.6 Å². The van der Waals surface area contributed by atoms with Crippen molar-refractivity contribution in [1.82, 2.24) is 20.3 Å². The van der Waals surface area contributed by atoms with Gasteiger partial charge in [0.05, 0.1) is 11.4 Å². The molecule has 4 aromatic rings. The molecule has 0 saturated heterocycles. The van der Waals surface area contributed by atoms with E-state index in [1.165, 1.54) is 6.20 Å². The molecule has 4 rings (SSSR count). The van der Waals surface area contributed by atoms with Crippen molar-refractivity contribution in [2.45, 2.75) is 6.92 Å². The maximum absolute atomic E-state index is 12.2. The van der Waals surface area contributed by atoms with E-state index in [0.717, 1.165) is 15.4 Å². The molecule has 0 radical (unpaired) electrons. The predicted octanol–water partition coefficient (Wildman–Crippen LogP) is 4.66. The van der Waals surface area contributed by atoms with Crippen LogP contribution in [0.5, 0.6) is 11.5 Å². The number of hydrogen-bond donors (Lipinski definition) is 4. The summed E-state index contributed by atoms with van der Waals surface area (Å²) in [5, 5.41) is 21.9. The Morgan fingerprint density at radius 1 is 0.875 bits per heavy atom. The Kier molecular flexibility index (Phi) is 5.91. The van der Waals surface area contributed by atoms with Crippen LogP contribution in [0.3, 0.4) is 0 Å². The van der Waals surface area contributed by atoms with Crippen LogP contribution in [0.25, 0.3) is 33.7 Å². The van der Waals surface area contributed by atoms with Gasteiger partial charge in [-0.05, 0) is 67.6 Å².